The lowest BCUT2D eigenvalue weighted by Gasteiger charge is -2.19. The molecular formula is C15H22N2O3. The fraction of sp³-hybridized carbons (Fsp3) is 0.467. The van der Waals surface area contributed by atoms with Gasteiger partial charge in [-0.1, -0.05) is 0 Å². The zero-order valence-corrected chi connectivity index (χ0v) is 12.6. The summed E-state index contributed by atoms with van der Waals surface area (Å²) in [6.07, 6.45) is 0.0907. The third-order valence-corrected chi connectivity index (χ3v) is 2.18. The van der Waals surface area contributed by atoms with Crippen molar-refractivity contribution in [1.29, 1.82) is 0 Å². The molecule has 5 nitrogen and oxygen atoms in total. The molecule has 1 aromatic rings. The molecule has 0 aliphatic heterocycles. The molecule has 0 radical (unpaired) electrons. The molecule has 0 aliphatic carbocycles. The topological polar surface area (TPSA) is 67.4 Å². The molecule has 5 heteroatoms. The highest BCUT2D eigenvalue weighted by atomic mass is 16.5. The Hall–Kier alpha value is -2.04. The Morgan fingerprint density at radius 2 is 1.60 bits per heavy atom. The maximum absolute atomic E-state index is 11.7. The van der Waals surface area contributed by atoms with Crippen molar-refractivity contribution in [3.63, 3.8) is 0 Å². The van der Waals surface area contributed by atoms with E-state index < -0.39 is 17.4 Å². The summed E-state index contributed by atoms with van der Waals surface area (Å²) >= 11 is 0. The van der Waals surface area contributed by atoms with E-state index in [4.69, 9.17) is 4.74 Å². The van der Waals surface area contributed by atoms with Gasteiger partial charge in [-0.3, -0.25) is 9.59 Å². The first-order valence-corrected chi connectivity index (χ1v) is 6.57. The number of nitrogens with one attached hydrogen (secondary N) is 2. The van der Waals surface area contributed by atoms with E-state index in [-0.39, 0.29) is 6.10 Å². The molecule has 0 saturated heterocycles. The summed E-state index contributed by atoms with van der Waals surface area (Å²) in [5.74, 6) is -0.616. The Labute approximate surface area is 119 Å². The Morgan fingerprint density at radius 1 is 1.05 bits per heavy atom. The van der Waals surface area contributed by atoms with E-state index in [2.05, 4.69) is 10.6 Å². The highest BCUT2D eigenvalue weighted by molar-refractivity contribution is 6.39. The smallest absolute Gasteiger partial charge is 0.313 e. The average Bonchev–Trinajstić information content (AvgIpc) is 2.28. The molecule has 110 valence electrons. The minimum atomic E-state index is -0.683. The van der Waals surface area contributed by atoms with E-state index >= 15 is 0 Å². The van der Waals surface area contributed by atoms with Gasteiger partial charge in [0, 0.05) is 11.2 Å². The second kappa shape index (κ2) is 6.41. The number of anilines is 1. The molecule has 0 aromatic heterocycles. The van der Waals surface area contributed by atoms with Crippen LogP contribution in [0.2, 0.25) is 0 Å². The molecule has 20 heavy (non-hydrogen) atoms. The highest BCUT2D eigenvalue weighted by Gasteiger charge is 2.20. The quantitative estimate of drug-likeness (QED) is 0.834. The predicted octanol–water partition coefficient (Wildman–Crippen LogP) is 2.33. The summed E-state index contributed by atoms with van der Waals surface area (Å²) in [6.45, 7) is 9.32. The third-order valence-electron chi connectivity index (χ3n) is 2.18. The minimum Gasteiger partial charge on any atom is -0.491 e. The molecule has 1 rings (SSSR count). The summed E-state index contributed by atoms with van der Waals surface area (Å²) < 4.78 is 5.50. The van der Waals surface area contributed by atoms with Crippen LogP contribution in [0.3, 0.4) is 0 Å². The molecule has 2 amide bonds. The maximum atomic E-state index is 11.7. The van der Waals surface area contributed by atoms with Gasteiger partial charge in [0.2, 0.25) is 0 Å². The summed E-state index contributed by atoms with van der Waals surface area (Å²) in [6, 6.07) is 6.88. The lowest BCUT2D eigenvalue weighted by molar-refractivity contribution is -0.137. The van der Waals surface area contributed by atoms with Gasteiger partial charge in [0.15, 0.2) is 0 Å². The van der Waals surface area contributed by atoms with E-state index in [0.29, 0.717) is 5.69 Å². The van der Waals surface area contributed by atoms with Crippen molar-refractivity contribution in [3.05, 3.63) is 24.3 Å². The number of amides is 2. The molecular weight excluding hydrogens is 256 g/mol. The van der Waals surface area contributed by atoms with E-state index in [1.165, 1.54) is 0 Å². The van der Waals surface area contributed by atoms with Crippen LogP contribution in [0.5, 0.6) is 5.75 Å². The summed E-state index contributed by atoms with van der Waals surface area (Å²) in [5.41, 5.74) is 0.110. The van der Waals surface area contributed by atoms with Gasteiger partial charge < -0.3 is 15.4 Å². The van der Waals surface area contributed by atoms with Crippen molar-refractivity contribution in [2.75, 3.05) is 5.32 Å². The van der Waals surface area contributed by atoms with Crippen molar-refractivity contribution in [3.8, 4) is 5.75 Å². The number of hydrogen-bond acceptors (Lipinski definition) is 3. The first kappa shape index (κ1) is 16.0. The SMILES string of the molecule is CC(C)Oc1ccc(NC(=O)C(=O)NC(C)(C)C)cc1. The summed E-state index contributed by atoms with van der Waals surface area (Å²) in [4.78, 5) is 23.3. The highest BCUT2D eigenvalue weighted by Crippen LogP contribution is 2.16. The fourth-order valence-electron chi connectivity index (χ4n) is 1.47. The molecule has 0 saturated carbocycles. The summed E-state index contributed by atoms with van der Waals surface area (Å²) in [7, 11) is 0. The normalized spacial score (nSPS) is 11.1. The van der Waals surface area contributed by atoms with Crippen molar-refractivity contribution in [2.45, 2.75) is 46.3 Å². The van der Waals surface area contributed by atoms with Gasteiger partial charge in [-0.25, -0.2) is 0 Å². The van der Waals surface area contributed by atoms with Gasteiger partial charge in [-0.2, -0.15) is 0 Å². The Balaban J connectivity index is 2.60. The monoisotopic (exact) mass is 278 g/mol. The molecule has 1 aromatic carbocycles. The second-order valence-electron chi connectivity index (χ2n) is 5.85. The van der Waals surface area contributed by atoms with Crippen LogP contribution in [0, 0.1) is 0 Å². The maximum Gasteiger partial charge on any atom is 0.313 e. The van der Waals surface area contributed by atoms with Crippen LogP contribution in [0.25, 0.3) is 0 Å². The van der Waals surface area contributed by atoms with E-state index in [1.54, 1.807) is 24.3 Å². The van der Waals surface area contributed by atoms with E-state index in [1.807, 2.05) is 34.6 Å². The molecule has 0 spiro atoms. The Morgan fingerprint density at radius 3 is 2.05 bits per heavy atom. The van der Waals surface area contributed by atoms with E-state index in [0.717, 1.165) is 5.75 Å². The fourth-order valence-corrected chi connectivity index (χ4v) is 1.47. The van der Waals surface area contributed by atoms with Crippen LogP contribution >= 0.6 is 0 Å². The van der Waals surface area contributed by atoms with Crippen LogP contribution < -0.4 is 15.4 Å². The third kappa shape index (κ3) is 5.73. The minimum absolute atomic E-state index is 0.0907. The number of ether oxygens (including phenoxy) is 1. The molecule has 0 fully saturated rings. The zero-order valence-electron chi connectivity index (χ0n) is 12.6. The first-order chi connectivity index (χ1) is 9.17. The van der Waals surface area contributed by atoms with Crippen molar-refractivity contribution in [2.24, 2.45) is 0 Å². The number of carbonyl (C=O) groups excluding carboxylic acids is 2. The molecule has 0 bridgehead atoms. The van der Waals surface area contributed by atoms with Gasteiger partial charge in [0.1, 0.15) is 5.75 Å². The Kier molecular flexibility index (Phi) is 5.13. The van der Waals surface area contributed by atoms with Crippen LogP contribution in [-0.4, -0.2) is 23.5 Å². The zero-order chi connectivity index (χ0) is 15.3. The van der Waals surface area contributed by atoms with Crippen LogP contribution in [0.1, 0.15) is 34.6 Å². The largest absolute Gasteiger partial charge is 0.491 e. The van der Waals surface area contributed by atoms with Gasteiger partial charge in [0.05, 0.1) is 6.10 Å². The molecule has 0 aliphatic rings. The van der Waals surface area contributed by atoms with Crippen molar-refractivity contribution >= 4 is 17.5 Å². The molecule has 0 unspecified atom stereocenters. The van der Waals surface area contributed by atoms with Gasteiger partial charge >= 0.3 is 11.8 Å². The lowest BCUT2D eigenvalue weighted by Crippen LogP contribution is -2.46. The number of benzene rings is 1. The summed E-state index contributed by atoms with van der Waals surface area (Å²) in [5, 5.41) is 5.14. The Bertz CT molecular complexity index is 473. The second-order valence-corrected chi connectivity index (χ2v) is 5.85. The average molecular weight is 278 g/mol. The van der Waals surface area contributed by atoms with Crippen LogP contribution in [0.15, 0.2) is 24.3 Å². The van der Waals surface area contributed by atoms with Gasteiger partial charge in [-0.05, 0) is 58.9 Å². The first-order valence-electron chi connectivity index (χ1n) is 6.57. The standard InChI is InChI=1S/C15H22N2O3/c1-10(2)20-12-8-6-11(7-9-12)16-13(18)14(19)17-15(3,4)5/h6-10H,1-5H3,(H,16,18)(H,17,19). The van der Waals surface area contributed by atoms with Gasteiger partial charge in [-0.15, -0.1) is 0 Å². The number of rotatable bonds is 3. The van der Waals surface area contributed by atoms with Crippen molar-refractivity contribution in [1.82, 2.24) is 5.32 Å². The molecule has 0 atom stereocenters. The van der Waals surface area contributed by atoms with E-state index in [9.17, 15) is 9.59 Å². The molecule has 2 N–H and O–H groups in total. The van der Waals surface area contributed by atoms with Crippen molar-refractivity contribution < 1.29 is 14.3 Å². The van der Waals surface area contributed by atoms with Gasteiger partial charge in [0.25, 0.3) is 0 Å². The molecule has 0 heterocycles. The van der Waals surface area contributed by atoms with Crippen LogP contribution in [0.4, 0.5) is 5.69 Å². The van der Waals surface area contributed by atoms with Crippen LogP contribution in [-0.2, 0) is 9.59 Å². The lowest BCUT2D eigenvalue weighted by atomic mass is 10.1. The predicted molar refractivity (Wildman–Crippen MR) is 78.7 cm³/mol. The number of carbonyl (C=O) groups is 2. The number of hydrogen-bond donors (Lipinski definition) is 2.